The van der Waals surface area contributed by atoms with Crippen LogP contribution in [0.5, 0.6) is 0 Å². The van der Waals surface area contributed by atoms with Crippen LogP contribution < -0.4 is 5.32 Å². The van der Waals surface area contributed by atoms with Gasteiger partial charge in [-0.2, -0.15) is 0 Å². The zero-order chi connectivity index (χ0) is 18.2. The van der Waals surface area contributed by atoms with Gasteiger partial charge >= 0.3 is 0 Å². The van der Waals surface area contributed by atoms with Crippen molar-refractivity contribution in [2.75, 3.05) is 11.1 Å². The molecule has 6 heteroatoms. The molecule has 0 saturated heterocycles. The number of aromatic amines is 1. The predicted octanol–water partition coefficient (Wildman–Crippen LogP) is 5.37. The number of hydrogen-bond donors (Lipinski definition) is 2. The van der Waals surface area contributed by atoms with Crippen LogP contribution in [0.15, 0.2) is 66.0 Å². The lowest BCUT2D eigenvalue weighted by atomic mass is 10.1. The Labute approximate surface area is 161 Å². The smallest absolute Gasteiger partial charge is 0.139 e. The van der Waals surface area contributed by atoms with Crippen molar-refractivity contribution in [2.24, 2.45) is 0 Å². The van der Waals surface area contributed by atoms with Crippen molar-refractivity contribution in [2.45, 2.75) is 11.8 Å². The topological polar surface area (TPSA) is 66.5 Å². The van der Waals surface area contributed by atoms with Gasteiger partial charge in [-0.1, -0.05) is 25.1 Å². The monoisotopic (exact) mass is 371 g/mol. The molecule has 0 spiro atoms. The molecule has 5 rings (SSSR count). The van der Waals surface area contributed by atoms with Gasteiger partial charge in [-0.3, -0.25) is 4.98 Å². The van der Waals surface area contributed by atoms with Gasteiger partial charge in [0.15, 0.2) is 0 Å². The van der Waals surface area contributed by atoms with E-state index in [1.54, 1.807) is 12.4 Å². The van der Waals surface area contributed by atoms with E-state index in [1.165, 1.54) is 4.90 Å². The van der Waals surface area contributed by atoms with E-state index in [0.29, 0.717) is 0 Å². The molecule has 4 heterocycles. The molecule has 4 aromatic rings. The summed E-state index contributed by atoms with van der Waals surface area (Å²) in [4.78, 5) is 18.6. The van der Waals surface area contributed by atoms with Crippen LogP contribution in [0, 0.1) is 0 Å². The Balaban J connectivity index is 1.77. The van der Waals surface area contributed by atoms with Crippen molar-refractivity contribution in [1.82, 2.24) is 19.9 Å². The van der Waals surface area contributed by atoms with Crippen LogP contribution in [0.3, 0.4) is 0 Å². The summed E-state index contributed by atoms with van der Waals surface area (Å²) < 4.78 is 0. The zero-order valence-electron chi connectivity index (χ0n) is 14.7. The number of H-pyrrole nitrogens is 1. The number of fused-ring (bicyclic) bond motifs is 5. The van der Waals surface area contributed by atoms with Crippen molar-refractivity contribution < 1.29 is 0 Å². The Morgan fingerprint density at radius 1 is 0.963 bits per heavy atom. The summed E-state index contributed by atoms with van der Waals surface area (Å²) in [6.07, 6.45) is 5.41. The number of imidazole rings is 1. The van der Waals surface area contributed by atoms with Gasteiger partial charge in [0.2, 0.25) is 0 Å². The molecule has 1 aliphatic heterocycles. The number of aromatic nitrogens is 4. The van der Waals surface area contributed by atoms with Gasteiger partial charge in [-0.05, 0) is 30.0 Å². The molecule has 0 unspecified atom stereocenters. The third-order valence-electron chi connectivity index (χ3n) is 4.55. The molecular weight excluding hydrogens is 354 g/mol. The van der Waals surface area contributed by atoms with E-state index in [0.717, 1.165) is 51.2 Å². The normalized spacial score (nSPS) is 11.7. The summed E-state index contributed by atoms with van der Waals surface area (Å²) >= 11 is 1.82. The van der Waals surface area contributed by atoms with Crippen molar-refractivity contribution in [3.63, 3.8) is 0 Å². The number of nitrogens with one attached hydrogen (secondary N) is 2. The lowest BCUT2D eigenvalue weighted by Crippen LogP contribution is -1.95. The fourth-order valence-electron chi connectivity index (χ4n) is 3.37. The highest BCUT2D eigenvalue weighted by molar-refractivity contribution is 7.99. The molecule has 0 bridgehead atoms. The third-order valence-corrected chi connectivity index (χ3v) is 5.51. The SMILES string of the molecule is CCSc1ccccc1-c1nc2c([nH]1)-c1ccncc1Nc1ncccc1-2. The molecular formula is C21H17N5S. The second-order valence-electron chi connectivity index (χ2n) is 6.18. The summed E-state index contributed by atoms with van der Waals surface area (Å²) in [5.74, 6) is 2.68. The molecule has 3 aromatic heterocycles. The number of hydrogen-bond acceptors (Lipinski definition) is 5. The molecule has 0 radical (unpaired) electrons. The highest BCUT2D eigenvalue weighted by Crippen LogP contribution is 2.43. The van der Waals surface area contributed by atoms with E-state index in [-0.39, 0.29) is 0 Å². The molecule has 0 amide bonds. The summed E-state index contributed by atoms with van der Waals surface area (Å²) in [6, 6.07) is 14.4. The molecule has 5 nitrogen and oxygen atoms in total. The van der Waals surface area contributed by atoms with E-state index in [2.05, 4.69) is 51.5 Å². The Morgan fingerprint density at radius 2 is 1.85 bits per heavy atom. The van der Waals surface area contributed by atoms with Crippen LogP contribution in [0.25, 0.3) is 33.9 Å². The van der Waals surface area contributed by atoms with Crippen molar-refractivity contribution in [3.05, 3.63) is 61.1 Å². The number of thioether (sulfide) groups is 1. The van der Waals surface area contributed by atoms with Gasteiger partial charge in [0, 0.05) is 34.0 Å². The van der Waals surface area contributed by atoms with Crippen molar-refractivity contribution in [3.8, 4) is 33.9 Å². The van der Waals surface area contributed by atoms with E-state index in [4.69, 9.17) is 4.98 Å². The van der Waals surface area contributed by atoms with E-state index < -0.39 is 0 Å². The number of benzene rings is 1. The Bertz CT molecular complexity index is 1070. The first-order valence-electron chi connectivity index (χ1n) is 8.84. The van der Waals surface area contributed by atoms with Gasteiger partial charge in [-0.15, -0.1) is 11.8 Å². The minimum absolute atomic E-state index is 0.791. The number of pyridine rings is 2. The Morgan fingerprint density at radius 3 is 2.78 bits per heavy atom. The van der Waals surface area contributed by atoms with Crippen LogP contribution in [-0.2, 0) is 0 Å². The maximum Gasteiger partial charge on any atom is 0.139 e. The quantitative estimate of drug-likeness (QED) is 0.417. The van der Waals surface area contributed by atoms with Gasteiger partial charge < -0.3 is 10.3 Å². The number of rotatable bonds is 3. The van der Waals surface area contributed by atoms with Gasteiger partial charge in [0.05, 0.1) is 17.6 Å². The first-order valence-corrected chi connectivity index (χ1v) is 9.82. The summed E-state index contributed by atoms with van der Waals surface area (Å²) in [5.41, 5.74) is 5.94. The highest BCUT2D eigenvalue weighted by atomic mass is 32.2. The van der Waals surface area contributed by atoms with E-state index in [9.17, 15) is 0 Å². The predicted molar refractivity (Wildman–Crippen MR) is 110 cm³/mol. The van der Waals surface area contributed by atoms with Crippen LogP contribution in [0.4, 0.5) is 11.5 Å². The molecule has 0 aliphatic carbocycles. The largest absolute Gasteiger partial charge is 0.338 e. The van der Waals surface area contributed by atoms with E-state index in [1.807, 2.05) is 36.2 Å². The maximum absolute atomic E-state index is 4.99. The van der Waals surface area contributed by atoms with E-state index >= 15 is 0 Å². The first kappa shape index (κ1) is 16.1. The molecule has 1 aliphatic rings. The Kier molecular flexibility index (Phi) is 3.90. The average Bonchev–Trinajstić information content (AvgIpc) is 3.09. The fourth-order valence-corrected chi connectivity index (χ4v) is 4.18. The molecule has 0 fully saturated rings. The first-order chi connectivity index (χ1) is 13.3. The van der Waals surface area contributed by atoms with Crippen LogP contribution in [0.1, 0.15) is 6.92 Å². The van der Waals surface area contributed by atoms with Crippen molar-refractivity contribution >= 4 is 23.3 Å². The van der Waals surface area contributed by atoms with Crippen LogP contribution >= 0.6 is 11.8 Å². The summed E-state index contributed by atoms with van der Waals surface area (Å²) in [6.45, 7) is 2.16. The van der Waals surface area contributed by atoms with Crippen LogP contribution in [-0.4, -0.2) is 25.7 Å². The molecule has 132 valence electrons. The highest BCUT2D eigenvalue weighted by Gasteiger charge is 2.24. The average molecular weight is 371 g/mol. The zero-order valence-corrected chi connectivity index (χ0v) is 15.5. The summed E-state index contributed by atoms with van der Waals surface area (Å²) in [5, 5.41) is 3.39. The van der Waals surface area contributed by atoms with Crippen molar-refractivity contribution in [1.29, 1.82) is 0 Å². The minimum atomic E-state index is 0.791. The second-order valence-corrected chi connectivity index (χ2v) is 7.49. The fraction of sp³-hybridized carbons (Fsp3) is 0.0952. The molecule has 0 saturated carbocycles. The number of nitrogens with zero attached hydrogens (tertiary/aromatic N) is 3. The lowest BCUT2D eigenvalue weighted by Gasteiger charge is -2.08. The van der Waals surface area contributed by atoms with Gasteiger partial charge in [-0.25, -0.2) is 9.97 Å². The molecule has 27 heavy (non-hydrogen) atoms. The molecule has 2 N–H and O–H groups in total. The third kappa shape index (κ3) is 2.69. The van der Waals surface area contributed by atoms with Crippen LogP contribution in [0.2, 0.25) is 0 Å². The minimum Gasteiger partial charge on any atom is -0.338 e. The lowest BCUT2D eigenvalue weighted by molar-refractivity contribution is 1.25. The van der Waals surface area contributed by atoms with Gasteiger partial charge in [0.1, 0.15) is 17.3 Å². The second kappa shape index (κ2) is 6.55. The van der Waals surface area contributed by atoms with Gasteiger partial charge in [0.25, 0.3) is 0 Å². The maximum atomic E-state index is 4.99. The summed E-state index contributed by atoms with van der Waals surface area (Å²) in [7, 11) is 0. The molecule has 0 atom stereocenters. The molecule has 1 aromatic carbocycles. The number of anilines is 2. The Hall–Kier alpha value is -3.12. The standard InChI is InChI=1S/C21H17N5S/c1-2-27-17-8-4-3-6-14(17)21-25-18-13-9-11-22-12-16(13)24-20-15(19(18)26-21)7-5-10-23-20/h3-12H,2H2,1H3,(H,23,24)(H,25,26).